The molecule has 1 heterocycles. The molecular weight excluding hydrogens is 232 g/mol. The van der Waals surface area contributed by atoms with E-state index in [1.807, 2.05) is 6.20 Å². The van der Waals surface area contributed by atoms with Crippen LogP contribution in [0.5, 0.6) is 0 Å². The van der Waals surface area contributed by atoms with E-state index in [1.54, 1.807) is 0 Å². The molecule has 3 rings (SSSR count). The molecule has 2 atom stereocenters. The summed E-state index contributed by atoms with van der Waals surface area (Å²) in [6, 6.07) is 4.59. The highest BCUT2D eigenvalue weighted by Gasteiger charge is 2.29. The molecule has 0 bridgehead atoms. The topological polar surface area (TPSA) is 38.9 Å². The van der Waals surface area contributed by atoms with Crippen molar-refractivity contribution in [3.63, 3.8) is 0 Å². The monoisotopic (exact) mass is 258 g/mol. The SMILES string of the molecule is NC(CCC1CCCCC1)C1CCc2cccnc21. The Kier molecular flexibility index (Phi) is 4.17. The van der Waals surface area contributed by atoms with Gasteiger partial charge in [-0.2, -0.15) is 0 Å². The van der Waals surface area contributed by atoms with Crippen molar-refractivity contribution < 1.29 is 0 Å². The molecule has 2 N–H and O–H groups in total. The van der Waals surface area contributed by atoms with Gasteiger partial charge in [0.1, 0.15) is 0 Å². The zero-order valence-corrected chi connectivity index (χ0v) is 11.9. The minimum Gasteiger partial charge on any atom is -0.327 e. The van der Waals surface area contributed by atoms with E-state index in [0.717, 1.165) is 5.92 Å². The third-order valence-corrected chi connectivity index (χ3v) is 5.15. The average Bonchev–Trinajstić information content (AvgIpc) is 2.90. The third-order valence-electron chi connectivity index (χ3n) is 5.15. The number of aryl methyl sites for hydroxylation is 1. The van der Waals surface area contributed by atoms with Crippen LogP contribution in [0, 0.1) is 5.92 Å². The van der Waals surface area contributed by atoms with Gasteiger partial charge in [0.25, 0.3) is 0 Å². The van der Waals surface area contributed by atoms with Gasteiger partial charge in [0.15, 0.2) is 0 Å². The molecule has 2 nitrogen and oxygen atoms in total. The first-order valence-corrected chi connectivity index (χ1v) is 8.04. The van der Waals surface area contributed by atoms with Crippen LogP contribution in [0.1, 0.15) is 68.5 Å². The van der Waals surface area contributed by atoms with Gasteiger partial charge in [-0.05, 0) is 43.2 Å². The second-order valence-corrected chi connectivity index (χ2v) is 6.44. The van der Waals surface area contributed by atoms with Crippen LogP contribution < -0.4 is 5.73 Å². The quantitative estimate of drug-likeness (QED) is 0.892. The van der Waals surface area contributed by atoms with E-state index in [4.69, 9.17) is 5.73 Å². The lowest BCUT2D eigenvalue weighted by molar-refractivity contribution is 0.314. The molecule has 0 saturated heterocycles. The Morgan fingerprint density at radius 1 is 1.21 bits per heavy atom. The van der Waals surface area contributed by atoms with E-state index >= 15 is 0 Å². The lowest BCUT2D eigenvalue weighted by Gasteiger charge is -2.25. The summed E-state index contributed by atoms with van der Waals surface area (Å²) < 4.78 is 0. The number of pyridine rings is 1. The molecule has 0 radical (unpaired) electrons. The van der Waals surface area contributed by atoms with Gasteiger partial charge < -0.3 is 5.73 Å². The number of hydrogen-bond acceptors (Lipinski definition) is 2. The molecule has 0 aliphatic heterocycles. The van der Waals surface area contributed by atoms with Crippen molar-refractivity contribution in [2.45, 2.75) is 69.7 Å². The van der Waals surface area contributed by atoms with Crippen LogP contribution in [0.25, 0.3) is 0 Å². The Balaban J connectivity index is 1.55. The third kappa shape index (κ3) is 3.00. The predicted octanol–water partition coefficient (Wildman–Crippen LogP) is 3.80. The van der Waals surface area contributed by atoms with Crippen molar-refractivity contribution in [1.82, 2.24) is 4.98 Å². The largest absolute Gasteiger partial charge is 0.327 e. The minimum atomic E-state index is 0.318. The first-order valence-electron chi connectivity index (χ1n) is 8.04. The van der Waals surface area contributed by atoms with E-state index in [-0.39, 0.29) is 0 Å². The Labute approximate surface area is 116 Å². The smallest absolute Gasteiger partial charge is 0.0482 e. The van der Waals surface area contributed by atoms with E-state index in [2.05, 4.69) is 17.1 Å². The Morgan fingerprint density at radius 2 is 2.05 bits per heavy atom. The Morgan fingerprint density at radius 3 is 2.89 bits per heavy atom. The van der Waals surface area contributed by atoms with Crippen LogP contribution in [-0.4, -0.2) is 11.0 Å². The molecule has 2 unspecified atom stereocenters. The normalized spacial score (nSPS) is 25.2. The summed E-state index contributed by atoms with van der Waals surface area (Å²) in [6.07, 6.45) is 14.0. The Hall–Kier alpha value is -0.890. The first kappa shape index (κ1) is 13.1. The molecule has 1 saturated carbocycles. The zero-order valence-electron chi connectivity index (χ0n) is 11.9. The maximum atomic E-state index is 6.47. The fourth-order valence-electron chi connectivity index (χ4n) is 3.97. The molecule has 2 heteroatoms. The first-order chi connectivity index (χ1) is 9.34. The number of nitrogens with zero attached hydrogens (tertiary/aromatic N) is 1. The second-order valence-electron chi connectivity index (χ2n) is 6.44. The molecule has 0 amide bonds. The highest BCUT2D eigenvalue weighted by molar-refractivity contribution is 5.29. The summed E-state index contributed by atoms with van der Waals surface area (Å²) in [4.78, 5) is 4.58. The number of hydrogen-bond donors (Lipinski definition) is 1. The Bertz CT molecular complexity index is 409. The molecule has 1 aromatic heterocycles. The lowest BCUT2D eigenvalue weighted by Crippen LogP contribution is -2.28. The summed E-state index contributed by atoms with van der Waals surface area (Å²) in [6.45, 7) is 0. The van der Waals surface area contributed by atoms with Crippen molar-refractivity contribution in [2.75, 3.05) is 0 Å². The van der Waals surface area contributed by atoms with Crippen molar-refractivity contribution in [3.8, 4) is 0 Å². The van der Waals surface area contributed by atoms with Crippen molar-refractivity contribution >= 4 is 0 Å². The van der Waals surface area contributed by atoms with E-state index in [9.17, 15) is 0 Å². The van der Waals surface area contributed by atoms with E-state index in [1.165, 1.54) is 69.0 Å². The van der Waals surface area contributed by atoms with E-state index < -0.39 is 0 Å². The highest BCUT2D eigenvalue weighted by atomic mass is 14.7. The summed E-state index contributed by atoms with van der Waals surface area (Å²) in [5.74, 6) is 1.46. The summed E-state index contributed by atoms with van der Waals surface area (Å²) in [5, 5.41) is 0. The molecule has 19 heavy (non-hydrogen) atoms. The van der Waals surface area contributed by atoms with Crippen LogP contribution in [0.4, 0.5) is 0 Å². The molecular formula is C17H26N2. The molecule has 104 valence electrons. The van der Waals surface area contributed by atoms with Crippen LogP contribution in [-0.2, 0) is 6.42 Å². The fraction of sp³-hybridized carbons (Fsp3) is 0.706. The number of nitrogens with two attached hydrogens (primary N) is 1. The van der Waals surface area contributed by atoms with Gasteiger partial charge >= 0.3 is 0 Å². The summed E-state index contributed by atoms with van der Waals surface area (Å²) in [7, 11) is 0. The second kappa shape index (κ2) is 6.04. The highest BCUT2D eigenvalue weighted by Crippen LogP contribution is 2.35. The van der Waals surface area contributed by atoms with Crippen LogP contribution >= 0.6 is 0 Å². The standard InChI is InChI=1S/C17H26N2/c18-16(11-8-13-5-2-1-3-6-13)15-10-9-14-7-4-12-19-17(14)15/h4,7,12-13,15-16H,1-3,5-6,8-11,18H2. The maximum Gasteiger partial charge on any atom is 0.0482 e. The number of fused-ring (bicyclic) bond motifs is 1. The minimum absolute atomic E-state index is 0.318. The molecule has 0 aromatic carbocycles. The summed E-state index contributed by atoms with van der Waals surface area (Å²) in [5.41, 5.74) is 9.19. The van der Waals surface area contributed by atoms with Gasteiger partial charge in [-0.1, -0.05) is 38.2 Å². The van der Waals surface area contributed by atoms with Crippen LogP contribution in [0.15, 0.2) is 18.3 Å². The summed E-state index contributed by atoms with van der Waals surface area (Å²) >= 11 is 0. The fourth-order valence-corrected chi connectivity index (χ4v) is 3.97. The van der Waals surface area contributed by atoms with E-state index in [0.29, 0.717) is 12.0 Å². The van der Waals surface area contributed by atoms with Gasteiger partial charge in [-0.15, -0.1) is 0 Å². The van der Waals surface area contributed by atoms with Crippen LogP contribution in [0.2, 0.25) is 0 Å². The van der Waals surface area contributed by atoms with Crippen molar-refractivity contribution in [1.29, 1.82) is 0 Å². The zero-order chi connectivity index (χ0) is 13.1. The van der Waals surface area contributed by atoms with Gasteiger partial charge in [0.05, 0.1) is 0 Å². The van der Waals surface area contributed by atoms with Crippen molar-refractivity contribution in [2.24, 2.45) is 11.7 Å². The number of rotatable bonds is 4. The van der Waals surface area contributed by atoms with Gasteiger partial charge in [-0.3, -0.25) is 4.98 Å². The average molecular weight is 258 g/mol. The van der Waals surface area contributed by atoms with Gasteiger partial charge in [0, 0.05) is 23.9 Å². The molecule has 0 spiro atoms. The number of aromatic nitrogens is 1. The molecule has 2 aliphatic rings. The van der Waals surface area contributed by atoms with Crippen LogP contribution in [0.3, 0.4) is 0 Å². The molecule has 2 aliphatic carbocycles. The van der Waals surface area contributed by atoms with Gasteiger partial charge in [0.2, 0.25) is 0 Å². The molecule has 1 fully saturated rings. The maximum absolute atomic E-state index is 6.47. The predicted molar refractivity (Wildman–Crippen MR) is 79.1 cm³/mol. The van der Waals surface area contributed by atoms with Crippen molar-refractivity contribution in [3.05, 3.63) is 29.6 Å². The van der Waals surface area contributed by atoms with Gasteiger partial charge in [-0.25, -0.2) is 0 Å². The molecule has 1 aromatic rings. The lowest BCUT2D eigenvalue weighted by atomic mass is 9.83.